The van der Waals surface area contributed by atoms with Gasteiger partial charge in [-0.25, -0.2) is 4.57 Å². The van der Waals surface area contributed by atoms with Gasteiger partial charge in [0.1, 0.15) is 0 Å². The predicted octanol–water partition coefficient (Wildman–Crippen LogP) is 3.42. The third kappa shape index (κ3) is 4.04. The van der Waals surface area contributed by atoms with Crippen LogP contribution in [0.15, 0.2) is 37.1 Å². The maximum Gasteiger partial charge on any atom is 0.453 e. The first-order valence-electron chi connectivity index (χ1n) is 3.51. The zero-order valence-corrected chi connectivity index (χ0v) is 8.16. The molecule has 0 amide bonds. The molecule has 4 heteroatoms. The average molecular weight is 188 g/mol. The SMILES string of the molecule is C=CP(=O)(OC=CC)OC=CC. The Morgan fingerprint density at radius 1 is 1.17 bits per heavy atom. The highest BCUT2D eigenvalue weighted by Crippen LogP contribution is 2.49. The first-order chi connectivity index (χ1) is 5.68. The molecular weight excluding hydrogens is 175 g/mol. The number of allylic oxidation sites excluding steroid dienone is 2. The molecular formula is C8H13O3P. The van der Waals surface area contributed by atoms with Gasteiger partial charge in [-0.15, -0.1) is 0 Å². The normalized spacial score (nSPS) is 16.2. The van der Waals surface area contributed by atoms with Crippen molar-refractivity contribution in [1.29, 1.82) is 0 Å². The third-order valence-corrected chi connectivity index (χ3v) is 2.19. The summed E-state index contributed by atoms with van der Waals surface area (Å²) in [5, 5.41) is 0. The second kappa shape index (κ2) is 5.67. The van der Waals surface area contributed by atoms with Crippen LogP contribution in [0.1, 0.15) is 13.8 Å². The van der Waals surface area contributed by atoms with Crippen LogP contribution in [0, 0.1) is 0 Å². The summed E-state index contributed by atoms with van der Waals surface area (Å²) in [4.78, 5) is 0. The lowest BCUT2D eigenvalue weighted by Crippen LogP contribution is -1.81. The van der Waals surface area contributed by atoms with Gasteiger partial charge in [0, 0.05) is 5.82 Å². The number of rotatable bonds is 5. The molecule has 0 fully saturated rings. The van der Waals surface area contributed by atoms with Crippen molar-refractivity contribution in [2.24, 2.45) is 0 Å². The molecule has 0 saturated carbocycles. The summed E-state index contributed by atoms with van der Waals surface area (Å²) in [7, 11) is -3.14. The molecule has 0 unspecified atom stereocenters. The molecule has 0 aromatic carbocycles. The third-order valence-electron chi connectivity index (χ3n) is 0.911. The van der Waals surface area contributed by atoms with Crippen LogP contribution in [-0.4, -0.2) is 0 Å². The molecule has 0 aliphatic rings. The topological polar surface area (TPSA) is 35.5 Å². The van der Waals surface area contributed by atoms with Gasteiger partial charge >= 0.3 is 7.60 Å². The van der Waals surface area contributed by atoms with Crippen molar-refractivity contribution in [3.63, 3.8) is 0 Å². The zero-order chi connectivity index (χ0) is 9.45. The van der Waals surface area contributed by atoms with Crippen molar-refractivity contribution in [2.45, 2.75) is 13.8 Å². The van der Waals surface area contributed by atoms with Gasteiger partial charge in [-0.2, -0.15) is 0 Å². The van der Waals surface area contributed by atoms with E-state index in [1.807, 2.05) is 0 Å². The van der Waals surface area contributed by atoms with Gasteiger partial charge in [-0.3, -0.25) is 0 Å². The molecule has 0 atom stereocenters. The van der Waals surface area contributed by atoms with Crippen LogP contribution in [0.25, 0.3) is 0 Å². The van der Waals surface area contributed by atoms with Crippen molar-refractivity contribution in [2.75, 3.05) is 0 Å². The van der Waals surface area contributed by atoms with Gasteiger partial charge in [0.2, 0.25) is 0 Å². The second-order valence-corrected chi connectivity index (χ2v) is 3.74. The zero-order valence-electron chi connectivity index (χ0n) is 7.27. The van der Waals surface area contributed by atoms with Gasteiger partial charge in [-0.05, 0) is 13.8 Å². The summed E-state index contributed by atoms with van der Waals surface area (Å²) < 4.78 is 21.1. The standard InChI is InChI=1S/C8H13O3P/c1-4-7-10-12(9,6-3)11-8-5-2/h4-8H,3H2,1-2H3. The number of hydrogen-bond donors (Lipinski definition) is 0. The molecule has 12 heavy (non-hydrogen) atoms. The van der Waals surface area contributed by atoms with Crippen molar-refractivity contribution in [3.8, 4) is 0 Å². The highest BCUT2D eigenvalue weighted by atomic mass is 31.2. The van der Waals surface area contributed by atoms with E-state index in [9.17, 15) is 4.57 Å². The summed E-state index contributed by atoms with van der Waals surface area (Å²) in [5.41, 5.74) is 0. The highest BCUT2D eigenvalue weighted by Gasteiger charge is 2.17. The lowest BCUT2D eigenvalue weighted by molar-refractivity contribution is 0.338. The summed E-state index contributed by atoms with van der Waals surface area (Å²) in [6.45, 7) is 6.86. The molecule has 0 aliphatic heterocycles. The fourth-order valence-corrected chi connectivity index (χ4v) is 1.21. The lowest BCUT2D eigenvalue weighted by Gasteiger charge is -2.10. The highest BCUT2D eigenvalue weighted by molar-refractivity contribution is 7.57. The van der Waals surface area contributed by atoms with Crippen LogP contribution >= 0.6 is 7.60 Å². The molecule has 0 heterocycles. The van der Waals surface area contributed by atoms with Crippen molar-refractivity contribution >= 4 is 7.60 Å². The first-order valence-corrected chi connectivity index (χ1v) is 5.12. The van der Waals surface area contributed by atoms with Gasteiger partial charge in [0.05, 0.1) is 12.5 Å². The maximum atomic E-state index is 11.4. The van der Waals surface area contributed by atoms with Crippen LogP contribution < -0.4 is 0 Å². The van der Waals surface area contributed by atoms with Crippen molar-refractivity contribution in [3.05, 3.63) is 37.1 Å². The fraction of sp³-hybridized carbons (Fsp3) is 0.250. The Bertz CT molecular complexity index is 212. The largest absolute Gasteiger partial charge is 0.453 e. The van der Waals surface area contributed by atoms with E-state index in [1.54, 1.807) is 26.0 Å². The predicted molar refractivity (Wildman–Crippen MR) is 49.6 cm³/mol. The molecule has 0 radical (unpaired) electrons. The van der Waals surface area contributed by atoms with E-state index in [2.05, 4.69) is 6.58 Å². The van der Waals surface area contributed by atoms with E-state index in [1.165, 1.54) is 12.5 Å². The van der Waals surface area contributed by atoms with Crippen LogP contribution in [0.5, 0.6) is 0 Å². The Labute approximate surface area is 72.9 Å². The average Bonchev–Trinajstić information content (AvgIpc) is 2.11. The first kappa shape index (κ1) is 11.1. The Hall–Kier alpha value is -0.950. The smallest absolute Gasteiger partial charge is 0.422 e. The number of hydrogen-bond acceptors (Lipinski definition) is 3. The minimum absolute atomic E-state index is 1.16. The van der Waals surface area contributed by atoms with Crippen molar-refractivity contribution in [1.82, 2.24) is 0 Å². The molecule has 0 aromatic heterocycles. The van der Waals surface area contributed by atoms with Crippen LogP contribution in [0.4, 0.5) is 0 Å². The van der Waals surface area contributed by atoms with Gasteiger partial charge in [-0.1, -0.05) is 18.7 Å². The minimum atomic E-state index is -3.14. The van der Waals surface area contributed by atoms with Crippen LogP contribution in [0.2, 0.25) is 0 Å². The Balaban J connectivity index is 4.24. The Morgan fingerprint density at radius 3 is 1.83 bits per heavy atom. The van der Waals surface area contributed by atoms with E-state index >= 15 is 0 Å². The van der Waals surface area contributed by atoms with Crippen LogP contribution in [-0.2, 0) is 13.6 Å². The monoisotopic (exact) mass is 188 g/mol. The van der Waals surface area contributed by atoms with E-state index in [-0.39, 0.29) is 0 Å². The summed E-state index contributed by atoms with van der Waals surface area (Å²) >= 11 is 0. The van der Waals surface area contributed by atoms with E-state index in [0.29, 0.717) is 0 Å². The maximum absolute atomic E-state index is 11.4. The summed E-state index contributed by atoms with van der Waals surface area (Å²) in [6.07, 6.45) is 5.86. The molecule has 0 bridgehead atoms. The molecule has 3 nitrogen and oxygen atoms in total. The Kier molecular flexibility index (Phi) is 5.22. The molecule has 0 N–H and O–H groups in total. The van der Waals surface area contributed by atoms with E-state index < -0.39 is 7.60 Å². The molecule has 0 aliphatic carbocycles. The van der Waals surface area contributed by atoms with E-state index in [0.717, 1.165) is 5.82 Å². The molecule has 68 valence electrons. The van der Waals surface area contributed by atoms with Crippen LogP contribution in [0.3, 0.4) is 0 Å². The second-order valence-electron chi connectivity index (χ2n) is 1.87. The van der Waals surface area contributed by atoms with Crippen molar-refractivity contribution < 1.29 is 13.6 Å². The summed E-state index contributed by atoms with van der Waals surface area (Å²) in [6, 6.07) is 0. The lowest BCUT2D eigenvalue weighted by atomic mass is 10.8. The van der Waals surface area contributed by atoms with E-state index in [4.69, 9.17) is 9.05 Å². The van der Waals surface area contributed by atoms with Gasteiger partial charge < -0.3 is 9.05 Å². The molecule has 0 rings (SSSR count). The summed E-state index contributed by atoms with van der Waals surface area (Å²) in [5.74, 6) is 1.16. The Morgan fingerprint density at radius 2 is 1.58 bits per heavy atom. The molecule has 0 spiro atoms. The minimum Gasteiger partial charge on any atom is -0.422 e. The quantitative estimate of drug-likeness (QED) is 0.489. The fourth-order valence-electron chi connectivity index (χ4n) is 0.402. The molecule has 0 aromatic rings. The van der Waals surface area contributed by atoms with Gasteiger partial charge in [0.15, 0.2) is 0 Å². The molecule has 0 saturated heterocycles. The van der Waals surface area contributed by atoms with Gasteiger partial charge in [0.25, 0.3) is 0 Å².